The number of carbonyl (C=O) groups is 2. The SMILES string of the molecule is COc1cc(CCC(=O)NNC(=O)c2ccccc2Cl)cc(OC)c1OC. The molecule has 2 aromatic carbocycles. The average Bonchev–Trinajstić information content (AvgIpc) is 2.69. The van der Waals surface area contributed by atoms with Crippen LogP contribution in [0.25, 0.3) is 0 Å². The van der Waals surface area contributed by atoms with E-state index in [2.05, 4.69) is 10.9 Å². The first-order valence-electron chi connectivity index (χ1n) is 8.12. The molecule has 0 aliphatic rings. The van der Waals surface area contributed by atoms with Crippen LogP contribution in [0.4, 0.5) is 0 Å². The van der Waals surface area contributed by atoms with E-state index in [1.54, 1.807) is 36.4 Å². The number of ether oxygens (including phenoxy) is 3. The lowest BCUT2D eigenvalue weighted by atomic mass is 10.1. The van der Waals surface area contributed by atoms with Crippen LogP contribution in [-0.2, 0) is 11.2 Å². The minimum atomic E-state index is -0.485. The predicted octanol–water partition coefficient (Wildman–Crippen LogP) is 2.76. The number of benzene rings is 2. The zero-order valence-corrected chi connectivity index (χ0v) is 16.1. The Morgan fingerprint density at radius 1 is 0.963 bits per heavy atom. The minimum Gasteiger partial charge on any atom is -0.493 e. The van der Waals surface area contributed by atoms with Crippen LogP contribution in [-0.4, -0.2) is 33.1 Å². The molecule has 0 aliphatic heterocycles. The molecule has 27 heavy (non-hydrogen) atoms. The van der Waals surface area contributed by atoms with Crippen molar-refractivity contribution in [2.75, 3.05) is 21.3 Å². The summed E-state index contributed by atoms with van der Waals surface area (Å²) in [5, 5.41) is 0.307. The number of amides is 2. The van der Waals surface area contributed by atoms with E-state index in [0.717, 1.165) is 5.56 Å². The van der Waals surface area contributed by atoms with Gasteiger partial charge in [0.05, 0.1) is 31.9 Å². The smallest absolute Gasteiger partial charge is 0.271 e. The lowest BCUT2D eigenvalue weighted by Gasteiger charge is -2.14. The van der Waals surface area contributed by atoms with Crippen molar-refractivity contribution < 1.29 is 23.8 Å². The molecule has 0 atom stereocenters. The number of carbonyl (C=O) groups excluding carboxylic acids is 2. The standard InChI is InChI=1S/C19H21ClN2O5/c1-25-15-10-12(11-16(26-2)18(15)27-3)8-9-17(23)21-22-19(24)13-6-4-5-7-14(13)20/h4-7,10-11H,8-9H2,1-3H3,(H,21,23)(H,22,24). The van der Waals surface area contributed by atoms with Gasteiger partial charge in [0.2, 0.25) is 11.7 Å². The van der Waals surface area contributed by atoms with Gasteiger partial charge >= 0.3 is 0 Å². The van der Waals surface area contributed by atoms with Crippen LogP contribution in [0, 0.1) is 0 Å². The summed E-state index contributed by atoms with van der Waals surface area (Å²) in [7, 11) is 4.57. The van der Waals surface area contributed by atoms with E-state index in [9.17, 15) is 9.59 Å². The van der Waals surface area contributed by atoms with Crippen molar-refractivity contribution in [1.29, 1.82) is 0 Å². The third kappa shape index (κ3) is 5.27. The third-order valence-corrected chi connectivity index (χ3v) is 4.13. The molecule has 2 rings (SSSR count). The summed E-state index contributed by atoms with van der Waals surface area (Å²) < 4.78 is 15.8. The largest absolute Gasteiger partial charge is 0.493 e. The molecule has 0 fully saturated rings. The molecule has 0 bridgehead atoms. The Labute approximate surface area is 162 Å². The maximum Gasteiger partial charge on any atom is 0.271 e. The Hall–Kier alpha value is -2.93. The highest BCUT2D eigenvalue weighted by molar-refractivity contribution is 6.33. The number of rotatable bonds is 7. The molecule has 0 aliphatic carbocycles. The van der Waals surface area contributed by atoms with E-state index in [1.165, 1.54) is 21.3 Å². The van der Waals surface area contributed by atoms with Gasteiger partial charge in [-0.15, -0.1) is 0 Å². The van der Waals surface area contributed by atoms with Gasteiger partial charge in [0, 0.05) is 6.42 Å². The third-order valence-electron chi connectivity index (χ3n) is 3.80. The summed E-state index contributed by atoms with van der Waals surface area (Å²) in [6, 6.07) is 10.1. The van der Waals surface area contributed by atoms with Crippen LogP contribution in [0.1, 0.15) is 22.3 Å². The van der Waals surface area contributed by atoms with Crippen molar-refractivity contribution in [2.24, 2.45) is 0 Å². The quantitative estimate of drug-likeness (QED) is 0.707. The summed E-state index contributed by atoms with van der Waals surface area (Å²) in [6.45, 7) is 0. The molecular formula is C19H21ClN2O5. The van der Waals surface area contributed by atoms with Crippen LogP contribution >= 0.6 is 11.6 Å². The number of hydrogen-bond donors (Lipinski definition) is 2. The van der Waals surface area contributed by atoms with Crippen LogP contribution in [0.2, 0.25) is 5.02 Å². The van der Waals surface area contributed by atoms with Crippen molar-refractivity contribution in [3.63, 3.8) is 0 Å². The van der Waals surface area contributed by atoms with Crippen molar-refractivity contribution >= 4 is 23.4 Å². The second kappa shape index (κ2) is 9.68. The van der Waals surface area contributed by atoms with Gasteiger partial charge in [0.1, 0.15) is 0 Å². The fourth-order valence-electron chi connectivity index (χ4n) is 2.44. The summed E-state index contributed by atoms with van der Waals surface area (Å²) in [5.74, 6) is 0.685. The van der Waals surface area contributed by atoms with Crippen LogP contribution in [0.3, 0.4) is 0 Å². The highest BCUT2D eigenvalue weighted by Crippen LogP contribution is 2.38. The van der Waals surface area contributed by atoms with Gasteiger partial charge in [-0.2, -0.15) is 0 Å². The Bertz CT molecular complexity index is 800. The molecule has 0 saturated heterocycles. The van der Waals surface area contributed by atoms with Crippen LogP contribution in [0.15, 0.2) is 36.4 Å². The average molecular weight is 393 g/mol. The molecule has 0 radical (unpaired) electrons. The van der Waals surface area contributed by atoms with E-state index in [0.29, 0.717) is 28.7 Å². The van der Waals surface area contributed by atoms with E-state index in [1.807, 2.05) is 0 Å². The first-order valence-corrected chi connectivity index (χ1v) is 8.50. The lowest BCUT2D eigenvalue weighted by molar-refractivity contribution is -0.121. The number of halogens is 1. The molecular weight excluding hydrogens is 372 g/mol. The summed E-state index contributed by atoms with van der Waals surface area (Å²) in [4.78, 5) is 24.0. The molecule has 0 unspecified atom stereocenters. The van der Waals surface area contributed by atoms with Gasteiger partial charge in [0.25, 0.3) is 5.91 Å². The molecule has 2 aromatic rings. The normalized spacial score (nSPS) is 10.1. The van der Waals surface area contributed by atoms with Crippen LogP contribution in [0.5, 0.6) is 17.2 Å². The van der Waals surface area contributed by atoms with Crippen molar-refractivity contribution in [1.82, 2.24) is 10.9 Å². The molecule has 0 saturated carbocycles. The van der Waals surface area contributed by atoms with Crippen molar-refractivity contribution in [3.05, 3.63) is 52.5 Å². The molecule has 2 amide bonds. The van der Waals surface area contributed by atoms with Gasteiger partial charge < -0.3 is 14.2 Å². The van der Waals surface area contributed by atoms with Crippen molar-refractivity contribution in [2.45, 2.75) is 12.8 Å². The zero-order chi connectivity index (χ0) is 19.8. The first kappa shape index (κ1) is 20.4. The van der Waals surface area contributed by atoms with E-state index in [-0.39, 0.29) is 17.9 Å². The monoisotopic (exact) mass is 392 g/mol. The highest BCUT2D eigenvalue weighted by atomic mass is 35.5. The molecule has 0 heterocycles. The maximum absolute atomic E-state index is 12.0. The molecule has 0 aromatic heterocycles. The maximum atomic E-state index is 12.0. The second-order valence-electron chi connectivity index (χ2n) is 5.52. The summed E-state index contributed by atoms with van der Waals surface area (Å²) >= 11 is 5.95. The Morgan fingerprint density at radius 2 is 1.59 bits per heavy atom. The Balaban J connectivity index is 1.94. The Morgan fingerprint density at radius 3 is 2.15 bits per heavy atom. The van der Waals surface area contributed by atoms with Gasteiger partial charge in [-0.25, -0.2) is 0 Å². The minimum absolute atomic E-state index is 0.154. The van der Waals surface area contributed by atoms with E-state index in [4.69, 9.17) is 25.8 Å². The highest BCUT2D eigenvalue weighted by Gasteiger charge is 2.14. The van der Waals surface area contributed by atoms with Gasteiger partial charge in [-0.1, -0.05) is 23.7 Å². The van der Waals surface area contributed by atoms with Gasteiger partial charge in [-0.3, -0.25) is 20.4 Å². The Kier molecular flexibility index (Phi) is 7.31. The summed E-state index contributed by atoms with van der Waals surface area (Å²) in [6.07, 6.45) is 0.575. The summed E-state index contributed by atoms with van der Waals surface area (Å²) in [5.41, 5.74) is 5.83. The lowest BCUT2D eigenvalue weighted by Crippen LogP contribution is -2.41. The van der Waals surface area contributed by atoms with Crippen molar-refractivity contribution in [3.8, 4) is 17.2 Å². The number of nitrogens with one attached hydrogen (secondary N) is 2. The van der Waals surface area contributed by atoms with E-state index >= 15 is 0 Å². The fraction of sp³-hybridized carbons (Fsp3) is 0.263. The van der Waals surface area contributed by atoms with Gasteiger partial charge in [0.15, 0.2) is 11.5 Å². The number of methoxy groups -OCH3 is 3. The van der Waals surface area contributed by atoms with Crippen LogP contribution < -0.4 is 25.1 Å². The topological polar surface area (TPSA) is 85.9 Å². The predicted molar refractivity (Wildman–Crippen MR) is 101 cm³/mol. The molecule has 7 nitrogen and oxygen atoms in total. The second-order valence-corrected chi connectivity index (χ2v) is 5.92. The molecule has 0 spiro atoms. The van der Waals surface area contributed by atoms with E-state index < -0.39 is 5.91 Å². The fourth-order valence-corrected chi connectivity index (χ4v) is 2.66. The van der Waals surface area contributed by atoms with Gasteiger partial charge in [-0.05, 0) is 36.2 Å². The molecule has 2 N–H and O–H groups in total. The number of hydrazine groups is 1. The molecule has 8 heteroatoms. The zero-order valence-electron chi connectivity index (χ0n) is 15.3. The molecule has 144 valence electrons. The number of aryl methyl sites for hydroxylation is 1. The first-order chi connectivity index (χ1) is 13.0. The number of hydrogen-bond acceptors (Lipinski definition) is 5.